The molecule has 2 saturated carbocycles. The maximum atomic E-state index is 13.3. The summed E-state index contributed by atoms with van der Waals surface area (Å²) in [6, 6.07) is 19.4. The summed E-state index contributed by atoms with van der Waals surface area (Å²) < 4.78 is 34.5. The highest BCUT2D eigenvalue weighted by atomic mass is 79.9. The molecule has 282 valence electrons. The number of amides is 1. The number of nitro groups is 1. The summed E-state index contributed by atoms with van der Waals surface area (Å²) in [5.74, 6) is 0.268. The second-order valence-electron chi connectivity index (χ2n) is 15.8. The molecule has 3 aromatic rings. The molecule has 5 aliphatic rings. The number of benzene rings is 3. The Kier molecular flexibility index (Phi) is 10.3. The van der Waals surface area contributed by atoms with Crippen molar-refractivity contribution in [3.63, 3.8) is 0 Å². The average Bonchev–Trinajstić information content (AvgIpc) is 3.89. The van der Waals surface area contributed by atoms with Crippen LogP contribution in [0.1, 0.15) is 97.7 Å². The first kappa shape index (κ1) is 36.5. The summed E-state index contributed by atoms with van der Waals surface area (Å²) in [4.78, 5) is 29.3. The van der Waals surface area contributed by atoms with Crippen LogP contribution >= 0.6 is 15.9 Å². The van der Waals surface area contributed by atoms with E-state index in [4.69, 9.17) is 4.74 Å². The molecule has 53 heavy (non-hydrogen) atoms. The number of nitro benzene ring substituents is 1. The van der Waals surface area contributed by atoms with E-state index in [0.29, 0.717) is 47.6 Å². The second-order valence-corrected chi connectivity index (χ2v) is 18.4. The highest BCUT2D eigenvalue weighted by Crippen LogP contribution is 2.55. The minimum atomic E-state index is -4.39. The lowest BCUT2D eigenvalue weighted by atomic mass is 9.59. The van der Waals surface area contributed by atoms with Gasteiger partial charge in [-0.25, -0.2) is 13.1 Å². The van der Waals surface area contributed by atoms with Gasteiger partial charge in [0.1, 0.15) is 5.69 Å². The standard InChI is InChI=1S/C40H48BrN5O6S/c41-35-22-29(44-18-15-40(16-19-44)24-30(25-40)45-17-3-6-37(45)33-5-2-1-4-32(33)28-7-8-28)9-11-34(35)39(47)43-53(50,51)31-10-12-36(38(23-31)46(48)49)42-26-27-13-20-52-21-14-27/h1-2,4-5,9-12,22-23,27-28,30,37,42H,3,6-8,13-21,24-26H2,(H,43,47). The molecule has 2 N–H and O–H groups in total. The second kappa shape index (κ2) is 15.0. The molecule has 0 bridgehead atoms. The lowest BCUT2D eigenvalue weighted by Gasteiger charge is -2.56. The van der Waals surface area contributed by atoms with E-state index in [0.717, 1.165) is 56.4 Å². The van der Waals surface area contributed by atoms with Gasteiger partial charge in [0.05, 0.1) is 15.4 Å². The minimum Gasteiger partial charge on any atom is -0.381 e. The van der Waals surface area contributed by atoms with Crippen LogP contribution in [0.25, 0.3) is 0 Å². The molecule has 8 rings (SSSR count). The number of nitrogens with one attached hydrogen (secondary N) is 2. The van der Waals surface area contributed by atoms with Crippen molar-refractivity contribution in [2.75, 3.05) is 49.6 Å². The smallest absolute Gasteiger partial charge is 0.293 e. The lowest BCUT2D eigenvalue weighted by molar-refractivity contribution is -0.384. The predicted molar refractivity (Wildman–Crippen MR) is 208 cm³/mol. The number of carbonyl (C=O) groups is 1. The quantitative estimate of drug-likeness (QED) is 0.147. The Hall–Kier alpha value is -3.52. The molecule has 0 aromatic heterocycles. The zero-order valence-corrected chi connectivity index (χ0v) is 32.4. The minimum absolute atomic E-state index is 0.167. The summed E-state index contributed by atoms with van der Waals surface area (Å²) in [5, 5.41) is 15.0. The Morgan fingerprint density at radius 3 is 2.38 bits per heavy atom. The van der Waals surface area contributed by atoms with Crippen LogP contribution in [0.15, 0.2) is 70.0 Å². The van der Waals surface area contributed by atoms with E-state index in [1.165, 1.54) is 57.2 Å². The zero-order valence-electron chi connectivity index (χ0n) is 30.0. The number of rotatable bonds is 11. The van der Waals surface area contributed by atoms with Crippen LogP contribution < -0.4 is 14.9 Å². The Balaban J connectivity index is 0.863. The number of anilines is 2. The Bertz CT molecular complexity index is 1970. The molecule has 0 radical (unpaired) electrons. The normalized spacial score (nSPS) is 22.4. The molecule has 11 nitrogen and oxygen atoms in total. The first-order chi connectivity index (χ1) is 25.6. The fourth-order valence-corrected chi connectivity index (χ4v) is 10.8. The molecule has 2 aliphatic carbocycles. The van der Waals surface area contributed by atoms with Gasteiger partial charge < -0.3 is 15.0 Å². The Morgan fingerprint density at radius 1 is 0.943 bits per heavy atom. The fourth-order valence-electron chi connectivity index (χ4n) is 9.27. The Morgan fingerprint density at radius 2 is 1.68 bits per heavy atom. The number of likely N-dealkylation sites (tertiary alicyclic amines) is 1. The summed E-state index contributed by atoms with van der Waals surface area (Å²) >= 11 is 3.51. The SMILES string of the molecule is O=C(NS(=O)(=O)c1ccc(NCC2CCOCC2)c([N+](=O)[O-])c1)c1ccc(N2CCC3(CC2)CC(N2CCCC2c2ccccc2C2CC2)C3)cc1Br. The maximum Gasteiger partial charge on any atom is 0.293 e. The van der Waals surface area contributed by atoms with Crippen LogP contribution in [0, 0.1) is 21.4 Å². The van der Waals surface area contributed by atoms with Gasteiger partial charge in [-0.15, -0.1) is 0 Å². The van der Waals surface area contributed by atoms with Crippen LogP contribution in [0.3, 0.4) is 0 Å². The maximum absolute atomic E-state index is 13.3. The van der Waals surface area contributed by atoms with Gasteiger partial charge in [-0.05, 0) is 145 Å². The Labute approximate surface area is 320 Å². The van der Waals surface area contributed by atoms with Crippen molar-refractivity contribution in [1.29, 1.82) is 0 Å². The van der Waals surface area contributed by atoms with E-state index in [-0.39, 0.29) is 21.8 Å². The number of sulfonamides is 1. The molecule has 3 heterocycles. The van der Waals surface area contributed by atoms with Gasteiger partial charge in [-0.2, -0.15) is 0 Å². The third-order valence-electron chi connectivity index (χ3n) is 12.5. The van der Waals surface area contributed by atoms with Gasteiger partial charge in [0.2, 0.25) is 0 Å². The van der Waals surface area contributed by atoms with Crippen molar-refractivity contribution < 1.29 is 22.9 Å². The summed E-state index contributed by atoms with van der Waals surface area (Å²) in [6.07, 6.45) is 11.7. The van der Waals surface area contributed by atoms with Crippen molar-refractivity contribution in [2.24, 2.45) is 11.3 Å². The van der Waals surface area contributed by atoms with Crippen molar-refractivity contribution >= 4 is 48.9 Å². The molecule has 3 aliphatic heterocycles. The molecule has 3 saturated heterocycles. The molecule has 13 heteroatoms. The summed E-state index contributed by atoms with van der Waals surface area (Å²) in [5.41, 5.74) is 4.58. The number of ether oxygens (including phenoxy) is 1. The topological polar surface area (TPSA) is 134 Å². The van der Waals surface area contributed by atoms with Crippen LogP contribution in [-0.4, -0.2) is 69.6 Å². The average molecular weight is 807 g/mol. The molecule has 1 unspecified atom stereocenters. The van der Waals surface area contributed by atoms with Gasteiger partial charge in [-0.1, -0.05) is 24.3 Å². The first-order valence-electron chi connectivity index (χ1n) is 19.2. The zero-order chi connectivity index (χ0) is 36.7. The van der Waals surface area contributed by atoms with Gasteiger partial charge >= 0.3 is 0 Å². The van der Waals surface area contributed by atoms with Crippen molar-refractivity contribution in [2.45, 2.75) is 87.1 Å². The molecule has 1 amide bonds. The van der Waals surface area contributed by atoms with E-state index >= 15 is 0 Å². The molecule has 1 spiro atoms. The number of hydrogen-bond acceptors (Lipinski definition) is 9. The summed E-state index contributed by atoms with van der Waals surface area (Å²) in [7, 11) is -4.39. The van der Waals surface area contributed by atoms with Gasteiger partial charge in [-0.3, -0.25) is 19.8 Å². The lowest BCUT2D eigenvalue weighted by Crippen LogP contribution is -2.54. The number of hydrogen-bond donors (Lipinski definition) is 2. The van der Waals surface area contributed by atoms with Crippen LogP contribution in [-0.2, 0) is 14.8 Å². The number of carbonyl (C=O) groups excluding carboxylic acids is 1. The van der Waals surface area contributed by atoms with E-state index < -0.39 is 20.9 Å². The highest BCUT2D eigenvalue weighted by Gasteiger charge is 2.50. The van der Waals surface area contributed by atoms with Crippen molar-refractivity contribution in [1.82, 2.24) is 9.62 Å². The summed E-state index contributed by atoms with van der Waals surface area (Å²) in [6.45, 7) is 4.90. The monoisotopic (exact) mass is 805 g/mol. The predicted octanol–water partition coefficient (Wildman–Crippen LogP) is 7.78. The molecular formula is C40H48BrN5O6S. The molecule has 1 atom stereocenters. The highest BCUT2D eigenvalue weighted by molar-refractivity contribution is 9.10. The number of nitrogens with zero attached hydrogens (tertiary/aromatic N) is 3. The van der Waals surface area contributed by atoms with Crippen LogP contribution in [0.4, 0.5) is 17.1 Å². The van der Waals surface area contributed by atoms with Crippen LogP contribution in [0.2, 0.25) is 0 Å². The molecule has 5 fully saturated rings. The van der Waals surface area contributed by atoms with Gasteiger partial charge in [0.25, 0.3) is 21.6 Å². The number of halogens is 1. The van der Waals surface area contributed by atoms with E-state index in [1.54, 1.807) is 17.2 Å². The van der Waals surface area contributed by atoms with Crippen molar-refractivity contribution in [3.05, 3.63) is 91.9 Å². The molecular weight excluding hydrogens is 758 g/mol. The third-order valence-corrected chi connectivity index (χ3v) is 14.5. The van der Waals surface area contributed by atoms with Gasteiger partial charge in [0, 0.05) is 61.2 Å². The molecule has 3 aromatic carbocycles. The largest absolute Gasteiger partial charge is 0.381 e. The van der Waals surface area contributed by atoms with E-state index in [2.05, 4.69) is 60.0 Å². The number of piperidine rings is 1. The third kappa shape index (κ3) is 7.72. The van der Waals surface area contributed by atoms with Crippen molar-refractivity contribution in [3.8, 4) is 0 Å². The first-order valence-corrected chi connectivity index (χ1v) is 21.4. The van der Waals surface area contributed by atoms with Gasteiger partial charge in [0.15, 0.2) is 0 Å². The van der Waals surface area contributed by atoms with E-state index in [1.807, 2.05) is 12.1 Å². The van der Waals surface area contributed by atoms with Crippen LogP contribution in [0.5, 0.6) is 0 Å². The van der Waals surface area contributed by atoms with E-state index in [9.17, 15) is 23.3 Å². The fraction of sp³-hybridized carbons (Fsp3) is 0.525.